The zero-order valence-electron chi connectivity index (χ0n) is 4.43. The van der Waals surface area contributed by atoms with Gasteiger partial charge in [-0.2, -0.15) is 0 Å². The fraction of sp³-hybridized carbons (Fsp3) is 0.250. The molecule has 0 aliphatic carbocycles. The molecule has 0 aromatic carbocycles. The van der Waals surface area contributed by atoms with E-state index >= 15 is 0 Å². The quantitative estimate of drug-likeness (QED) is 0.426. The van der Waals surface area contributed by atoms with Crippen LogP contribution in [0.1, 0.15) is 5.76 Å². The minimum absolute atomic E-state index is 0.873. The molecule has 1 aromatic rings. The van der Waals surface area contributed by atoms with E-state index in [1.54, 1.807) is 6.20 Å². The van der Waals surface area contributed by atoms with Gasteiger partial charge in [0.2, 0.25) is 0 Å². The van der Waals surface area contributed by atoms with Crippen molar-refractivity contribution < 1.29 is 4.42 Å². The van der Waals surface area contributed by atoms with Crippen molar-refractivity contribution in [3.8, 4) is 0 Å². The van der Waals surface area contributed by atoms with E-state index < -0.39 is 0 Å². The van der Waals surface area contributed by atoms with Crippen LogP contribution in [-0.2, 0) is 0 Å². The molecule has 0 N–H and O–H groups in total. The zero-order valence-corrected chi connectivity index (χ0v) is 6.43. The SMILES string of the molecule is Cc1cn[c]([Na])o1. The molecule has 32 valence electrons. The summed E-state index contributed by atoms with van der Waals surface area (Å²) in [5, 5.41) is 0. The van der Waals surface area contributed by atoms with Crippen LogP contribution in [0.4, 0.5) is 0 Å². The number of rotatable bonds is 0. The van der Waals surface area contributed by atoms with Crippen molar-refractivity contribution in [2.75, 3.05) is 0 Å². The second-order valence-corrected chi connectivity index (χ2v) is 2.35. The first-order valence-corrected chi connectivity index (χ1v) is 3.18. The van der Waals surface area contributed by atoms with Gasteiger partial charge in [-0.15, -0.1) is 0 Å². The molecule has 0 bridgehead atoms. The Morgan fingerprint density at radius 3 is 2.71 bits per heavy atom. The molecule has 0 spiro atoms. The van der Waals surface area contributed by atoms with Crippen molar-refractivity contribution in [1.29, 1.82) is 0 Å². The van der Waals surface area contributed by atoms with Crippen molar-refractivity contribution in [2.24, 2.45) is 0 Å². The van der Waals surface area contributed by atoms with Crippen molar-refractivity contribution in [3.63, 3.8) is 0 Å². The molecule has 0 atom stereocenters. The number of hydrogen-bond donors (Lipinski definition) is 0. The fourth-order valence-electron chi connectivity index (χ4n) is 0.467. The molecule has 0 aliphatic heterocycles. The molecule has 0 amide bonds. The molecule has 1 aromatic heterocycles. The van der Waals surface area contributed by atoms with Gasteiger partial charge in [0.1, 0.15) is 0 Å². The van der Waals surface area contributed by atoms with Crippen LogP contribution >= 0.6 is 0 Å². The number of oxazole rings is 1. The summed E-state index contributed by atoms with van der Waals surface area (Å²) in [6, 6.07) is 0. The van der Waals surface area contributed by atoms with Crippen LogP contribution in [-0.4, -0.2) is 32.9 Å². The molecule has 1 heterocycles. The summed E-state index contributed by atoms with van der Waals surface area (Å²) >= 11 is 0.917. The van der Waals surface area contributed by atoms with E-state index in [0.717, 1.165) is 36.8 Å². The molecule has 7 heavy (non-hydrogen) atoms. The van der Waals surface area contributed by atoms with Gasteiger partial charge in [-0.3, -0.25) is 0 Å². The number of nitrogens with zero attached hydrogens (tertiary/aromatic N) is 1. The summed E-state index contributed by atoms with van der Waals surface area (Å²) in [4.78, 5) is 3.91. The van der Waals surface area contributed by atoms with E-state index in [1.807, 2.05) is 6.92 Å². The van der Waals surface area contributed by atoms with Gasteiger partial charge in [-0.05, 0) is 0 Å². The van der Waals surface area contributed by atoms with Gasteiger partial charge in [0.15, 0.2) is 0 Å². The summed E-state index contributed by atoms with van der Waals surface area (Å²) in [6.45, 7) is 1.90. The summed E-state index contributed by atoms with van der Waals surface area (Å²) in [6.07, 6.45) is 1.74. The maximum absolute atomic E-state index is 5.03. The maximum atomic E-state index is 5.03. The van der Waals surface area contributed by atoms with E-state index in [0.29, 0.717) is 0 Å². The molecule has 1 rings (SSSR count). The van der Waals surface area contributed by atoms with Crippen LogP contribution in [0.2, 0.25) is 0 Å². The van der Waals surface area contributed by atoms with Crippen molar-refractivity contribution in [3.05, 3.63) is 12.0 Å². The fourth-order valence-corrected chi connectivity index (χ4v) is 0.919. The Morgan fingerprint density at radius 1 is 1.86 bits per heavy atom. The molecular formula is C4H4NNaO. The average Bonchev–Trinajstić information content (AvgIpc) is 1.87. The molecule has 0 saturated heterocycles. The Kier molecular flexibility index (Phi) is 1.52. The van der Waals surface area contributed by atoms with Crippen LogP contribution in [0.3, 0.4) is 0 Å². The Morgan fingerprint density at radius 2 is 2.57 bits per heavy atom. The molecule has 0 unspecified atom stereocenters. The van der Waals surface area contributed by atoms with Gasteiger partial charge < -0.3 is 0 Å². The van der Waals surface area contributed by atoms with Crippen LogP contribution in [0.5, 0.6) is 0 Å². The summed E-state index contributed by atoms with van der Waals surface area (Å²) in [5.41, 5.74) is 0. The molecule has 0 aliphatic rings. The van der Waals surface area contributed by atoms with Gasteiger partial charge in [-0.1, -0.05) is 0 Å². The standard InChI is InChI=1S/C4H4NO.Na/c1-4-2-5-3-6-4;/h2H,1H3;. The molecule has 2 nitrogen and oxygen atoms in total. The van der Waals surface area contributed by atoms with Gasteiger partial charge in [0, 0.05) is 0 Å². The van der Waals surface area contributed by atoms with Gasteiger partial charge in [0.25, 0.3) is 0 Å². The molecule has 0 radical (unpaired) electrons. The van der Waals surface area contributed by atoms with E-state index in [4.69, 9.17) is 4.42 Å². The predicted octanol–water partition coefficient (Wildman–Crippen LogP) is -0.223. The number of aromatic nitrogens is 1. The Hall–Kier alpha value is 0.210. The third-order valence-corrected chi connectivity index (χ3v) is 1.20. The van der Waals surface area contributed by atoms with E-state index in [2.05, 4.69) is 4.98 Å². The average molecular weight is 105 g/mol. The topological polar surface area (TPSA) is 26.0 Å². The third kappa shape index (κ3) is 1.30. The molecular weight excluding hydrogens is 101 g/mol. The minimum atomic E-state index is 0.873. The first-order valence-electron chi connectivity index (χ1n) is 2.18. The van der Waals surface area contributed by atoms with Crippen molar-refractivity contribution >= 4 is 31.1 Å². The van der Waals surface area contributed by atoms with Gasteiger partial charge >= 0.3 is 59.4 Å². The van der Waals surface area contributed by atoms with Crippen LogP contribution < -0.4 is 3.14 Å². The van der Waals surface area contributed by atoms with Crippen molar-refractivity contribution in [2.45, 2.75) is 6.92 Å². The van der Waals surface area contributed by atoms with E-state index in [1.165, 1.54) is 0 Å². The van der Waals surface area contributed by atoms with Gasteiger partial charge in [0.05, 0.1) is 0 Å². The molecule has 0 saturated carbocycles. The second-order valence-electron chi connectivity index (χ2n) is 1.49. The Balaban J connectivity index is 3.04. The normalized spacial score (nSPS) is 9.57. The summed E-state index contributed by atoms with van der Waals surface area (Å²) < 4.78 is 5.91. The first-order chi connectivity index (χ1) is 3.29. The number of hydrogen-bond acceptors (Lipinski definition) is 2. The first kappa shape index (κ1) is 5.35. The van der Waals surface area contributed by atoms with Crippen LogP contribution in [0, 0.1) is 6.92 Å². The van der Waals surface area contributed by atoms with Crippen LogP contribution in [0.25, 0.3) is 0 Å². The second kappa shape index (κ2) is 1.99. The zero-order chi connectivity index (χ0) is 5.28. The summed E-state index contributed by atoms with van der Waals surface area (Å²) in [5.74, 6) is 0.907. The number of aryl methyl sites for hydroxylation is 1. The monoisotopic (exact) mass is 105 g/mol. The predicted molar refractivity (Wildman–Crippen MR) is 26.6 cm³/mol. The van der Waals surface area contributed by atoms with E-state index in [9.17, 15) is 0 Å². The Labute approximate surface area is 59.3 Å². The van der Waals surface area contributed by atoms with Crippen molar-refractivity contribution in [1.82, 2.24) is 4.98 Å². The van der Waals surface area contributed by atoms with Gasteiger partial charge in [-0.25, -0.2) is 0 Å². The molecule has 3 heteroatoms. The Bertz CT molecular complexity index is 144. The molecule has 0 fully saturated rings. The summed E-state index contributed by atoms with van der Waals surface area (Å²) in [7, 11) is 0. The van der Waals surface area contributed by atoms with Crippen LogP contribution in [0.15, 0.2) is 10.6 Å². The van der Waals surface area contributed by atoms with E-state index in [-0.39, 0.29) is 0 Å². The third-order valence-electron chi connectivity index (χ3n) is 0.737.